The van der Waals surface area contributed by atoms with Crippen LogP contribution in [0.4, 0.5) is 10.3 Å². The van der Waals surface area contributed by atoms with Gasteiger partial charge in [0.15, 0.2) is 0 Å². The van der Waals surface area contributed by atoms with Crippen LogP contribution >= 0.6 is 27.5 Å². The number of rotatable bonds is 1. The van der Waals surface area contributed by atoms with E-state index in [4.69, 9.17) is 17.3 Å². The van der Waals surface area contributed by atoms with Crippen molar-refractivity contribution in [2.24, 2.45) is 0 Å². The minimum atomic E-state index is -0.377. The van der Waals surface area contributed by atoms with Crippen LogP contribution in [-0.2, 0) is 0 Å². The van der Waals surface area contributed by atoms with Gasteiger partial charge in [0.05, 0.1) is 21.7 Å². The van der Waals surface area contributed by atoms with E-state index in [-0.39, 0.29) is 11.8 Å². The van der Waals surface area contributed by atoms with Crippen LogP contribution in [0.25, 0.3) is 16.7 Å². The van der Waals surface area contributed by atoms with Gasteiger partial charge in [-0.2, -0.15) is 0 Å². The Morgan fingerprint density at radius 3 is 2.79 bits per heavy atom. The number of aromatic nitrogens is 2. The van der Waals surface area contributed by atoms with Crippen LogP contribution in [-0.4, -0.2) is 9.55 Å². The van der Waals surface area contributed by atoms with Crippen molar-refractivity contribution in [3.63, 3.8) is 0 Å². The number of fused-ring (bicyclic) bond motifs is 1. The molecule has 0 aliphatic carbocycles. The van der Waals surface area contributed by atoms with E-state index in [1.54, 1.807) is 4.57 Å². The molecule has 0 fully saturated rings. The van der Waals surface area contributed by atoms with Gasteiger partial charge in [-0.15, -0.1) is 0 Å². The zero-order valence-corrected chi connectivity index (χ0v) is 11.9. The van der Waals surface area contributed by atoms with E-state index in [2.05, 4.69) is 20.9 Å². The van der Waals surface area contributed by atoms with Crippen LogP contribution in [0.2, 0.25) is 5.02 Å². The molecule has 0 aliphatic heterocycles. The van der Waals surface area contributed by atoms with Gasteiger partial charge in [0.25, 0.3) is 0 Å². The molecule has 0 radical (unpaired) electrons. The molecule has 0 saturated heterocycles. The molecule has 1 aromatic heterocycles. The second-order valence-corrected chi connectivity index (χ2v) is 5.36. The molecule has 2 aromatic carbocycles. The number of anilines is 1. The molecule has 0 bridgehead atoms. The Morgan fingerprint density at radius 2 is 2.00 bits per heavy atom. The van der Waals surface area contributed by atoms with Gasteiger partial charge in [-0.1, -0.05) is 27.5 Å². The zero-order valence-electron chi connectivity index (χ0n) is 9.57. The van der Waals surface area contributed by atoms with E-state index >= 15 is 0 Å². The summed E-state index contributed by atoms with van der Waals surface area (Å²) < 4.78 is 15.9. The average molecular weight is 341 g/mol. The highest BCUT2D eigenvalue weighted by Gasteiger charge is 2.13. The van der Waals surface area contributed by atoms with Crippen LogP contribution in [0.5, 0.6) is 0 Å². The Hall–Kier alpha value is -1.59. The quantitative estimate of drug-likeness (QED) is 0.723. The molecule has 0 spiro atoms. The van der Waals surface area contributed by atoms with Crippen molar-refractivity contribution >= 4 is 44.5 Å². The van der Waals surface area contributed by atoms with Crippen molar-refractivity contribution in [2.45, 2.75) is 0 Å². The number of nitrogens with zero attached hydrogens (tertiary/aromatic N) is 2. The van der Waals surface area contributed by atoms with Gasteiger partial charge in [0.2, 0.25) is 5.95 Å². The van der Waals surface area contributed by atoms with Gasteiger partial charge >= 0.3 is 0 Å². The summed E-state index contributed by atoms with van der Waals surface area (Å²) in [7, 11) is 0. The molecule has 3 aromatic rings. The summed E-state index contributed by atoms with van der Waals surface area (Å²) in [5.41, 5.74) is 7.87. The summed E-state index contributed by atoms with van der Waals surface area (Å²) in [5.74, 6) is -0.113. The third-order valence-electron chi connectivity index (χ3n) is 2.79. The predicted molar refractivity (Wildman–Crippen MR) is 78.2 cm³/mol. The SMILES string of the molecule is Nc1nc2cc(Br)ccc2n1-c1cc(F)ccc1Cl. The van der Waals surface area contributed by atoms with Gasteiger partial charge in [0, 0.05) is 4.47 Å². The summed E-state index contributed by atoms with van der Waals surface area (Å²) in [4.78, 5) is 4.25. The Labute approximate surface area is 121 Å². The molecule has 0 saturated carbocycles. The average Bonchev–Trinajstić information content (AvgIpc) is 2.67. The largest absolute Gasteiger partial charge is 0.369 e. The molecule has 0 atom stereocenters. The smallest absolute Gasteiger partial charge is 0.205 e. The van der Waals surface area contributed by atoms with E-state index in [0.29, 0.717) is 16.2 Å². The number of imidazole rings is 1. The first-order chi connectivity index (χ1) is 9.06. The molecule has 19 heavy (non-hydrogen) atoms. The minimum Gasteiger partial charge on any atom is -0.369 e. The standard InChI is InChI=1S/C13H8BrClFN3/c14-7-1-4-11-10(5-7)18-13(17)19(11)12-6-8(16)2-3-9(12)15/h1-6H,(H2,17,18). The van der Waals surface area contributed by atoms with Crippen molar-refractivity contribution in [1.29, 1.82) is 0 Å². The first kappa shape index (κ1) is 12.4. The zero-order chi connectivity index (χ0) is 13.6. The highest BCUT2D eigenvalue weighted by atomic mass is 79.9. The lowest BCUT2D eigenvalue weighted by Gasteiger charge is -2.08. The van der Waals surface area contributed by atoms with Gasteiger partial charge in [-0.3, -0.25) is 4.57 Å². The maximum atomic E-state index is 13.4. The van der Waals surface area contributed by atoms with Crippen molar-refractivity contribution in [1.82, 2.24) is 9.55 Å². The van der Waals surface area contributed by atoms with E-state index in [0.717, 1.165) is 9.99 Å². The molecule has 6 heteroatoms. The molecule has 2 N–H and O–H groups in total. The van der Waals surface area contributed by atoms with Crippen molar-refractivity contribution < 1.29 is 4.39 Å². The molecular formula is C13H8BrClFN3. The Bertz CT molecular complexity index is 785. The van der Waals surface area contributed by atoms with Crippen LogP contribution < -0.4 is 5.73 Å². The van der Waals surface area contributed by atoms with Crippen LogP contribution in [0.1, 0.15) is 0 Å². The van der Waals surface area contributed by atoms with E-state index in [1.165, 1.54) is 18.2 Å². The fraction of sp³-hybridized carbons (Fsp3) is 0. The third kappa shape index (κ3) is 2.09. The van der Waals surface area contributed by atoms with Gasteiger partial charge in [-0.25, -0.2) is 9.37 Å². The van der Waals surface area contributed by atoms with Gasteiger partial charge in [0.1, 0.15) is 5.82 Å². The van der Waals surface area contributed by atoms with Crippen LogP contribution in [0.15, 0.2) is 40.9 Å². The summed E-state index contributed by atoms with van der Waals surface area (Å²) >= 11 is 9.48. The van der Waals surface area contributed by atoms with Gasteiger partial charge < -0.3 is 5.73 Å². The van der Waals surface area contributed by atoms with Crippen molar-refractivity contribution in [3.8, 4) is 5.69 Å². The maximum absolute atomic E-state index is 13.4. The Kier molecular flexibility index (Phi) is 2.95. The predicted octanol–water partition coefficient (Wildman–Crippen LogP) is 4.16. The monoisotopic (exact) mass is 339 g/mol. The number of nitrogen functional groups attached to an aromatic ring is 1. The second kappa shape index (κ2) is 4.51. The van der Waals surface area contributed by atoms with Gasteiger partial charge in [-0.05, 0) is 36.4 Å². The summed E-state index contributed by atoms with van der Waals surface area (Å²) in [6.45, 7) is 0. The molecule has 0 amide bonds. The third-order valence-corrected chi connectivity index (χ3v) is 3.60. The molecule has 0 unspecified atom stereocenters. The summed E-state index contributed by atoms with van der Waals surface area (Å²) in [5, 5.41) is 0.412. The fourth-order valence-corrected chi connectivity index (χ4v) is 2.53. The normalized spacial score (nSPS) is 11.1. The van der Waals surface area contributed by atoms with Crippen molar-refractivity contribution in [3.05, 3.63) is 51.7 Å². The van der Waals surface area contributed by atoms with Crippen LogP contribution in [0.3, 0.4) is 0 Å². The van der Waals surface area contributed by atoms with E-state index in [1.807, 2.05) is 18.2 Å². The maximum Gasteiger partial charge on any atom is 0.205 e. The van der Waals surface area contributed by atoms with E-state index < -0.39 is 0 Å². The lowest BCUT2D eigenvalue weighted by molar-refractivity contribution is 0.627. The molecule has 1 heterocycles. The minimum absolute atomic E-state index is 0.264. The molecule has 3 rings (SSSR count). The first-order valence-electron chi connectivity index (χ1n) is 5.45. The second-order valence-electron chi connectivity index (χ2n) is 4.03. The number of benzene rings is 2. The molecule has 96 valence electrons. The molecular weight excluding hydrogens is 333 g/mol. The number of hydrogen-bond acceptors (Lipinski definition) is 2. The first-order valence-corrected chi connectivity index (χ1v) is 6.62. The van der Waals surface area contributed by atoms with Crippen LogP contribution in [0, 0.1) is 5.82 Å². The summed E-state index contributed by atoms with van der Waals surface area (Å²) in [6.07, 6.45) is 0. The number of nitrogens with two attached hydrogens (primary N) is 1. The molecule has 0 aliphatic rings. The fourth-order valence-electron chi connectivity index (χ4n) is 1.98. The highest BCUT2D eigenvalue weighted by molar-refractivity contribution is 9.10. The Balaban J connectivity index is 2.36. The Morgan fingerprint density at radius 1 is 1.21 bits per heavy atom. The number of hydrogen-bond donors (Lipinski definition) is 1. The lowest BCUT2D eigenvalue weighted by Crippen LogP contribution is -2.01. The summed E-state index contributed by atoms with van der Waals surface area (Å²) in [6, 6.07) is 9.70. The topological polar surface area (TPSA) is 43.8 Å². The number of halogens is 3. The highest BCUT2D eigenvalue weighted by Crippen LogP contribution is 2.29. The molecule has 3 nitrogen and oxygen atoms in total. The van der Waals surface area contributed by atoms with Crippen molar-refractivity contribution in [2.75, 3.05) is 5.73 Å². The lowest BCUT2D eigenvalue weighted by atomic mass is 10.2. The van der Waals surface area contributed by atoms with E-state index in [9.17, 15) is 4.39 Å².